The zero-order valence-corrected chi connectivity index (χ0v) is 10.4. The highest BCUT2D eigenvalue weighted by Gasteiger charge is 2.04. The van der Waals surface area contributed by atoms with Gasteiger partial charge in [0.2, 0.25) is 0 Å². The monoisotopic (exact) mass is 257 g/mol. The fraction of sp³-hybridized carbons (Fsp3) is 0.143. The quantitative estimate of drug-likeness (QED) is 0.628. The van der Waals surface area contributed by atoms with E-state index in [2.05, 4.69) is 10.3 Å². The van der Waals surface area contributed by atoms with Crippen LogP contribution in [0.4, 0.5) is 5.69 Å². The third-order valence-corrected chi connectivity index (χ3v) is 2.49. The Morgan fingerprint density at radius 2 is 2.11 bits per heavy atom. The third-order valence-electron chi connectivity index (χ3n) is 2.49. The van der Waals surface area contributed by atoms with Crippen LogP contribution in [0.5, 0.6) is 5.75 Å². The highest BCUT2D eigenvalue weighted by molar-refractivity contribution is 5.93. The van der Waals surface area contributed by atoms with E-state index in [-0.39, 0.29) is 5.91 Å². The molecule has 2 rings (SSSR count). The van der Waals surface area contributed by atoms with Crippen molar-refractivity contribution >= 4 is 11.6 Å². The van der Waals surface area contributed by atoms with Gasteiger partial charge in [0.1, 0.15) is 12.4 Å². The number of benzene rings is 1. The Bertz CT molecular complexity index is 543. The largest absolute Gasteiger partial charge is 0.490 e. The van der Waals surface area contributed by atoms with E-state index in [0.29, 0.717) is 30.2 Å². The molecular formula is C14H15N3O2. The average molecular weight is 257 g/mol. The smallest absolute Gasteiger partial charge is 0.252 e. The van der Waals surface area contributed by atoms with Gasteiger partial charge in [-0.3, -0.25) is 9.78 Å². The first-order valence-electron chi connectivity index (χ1n) is 5.93. The molecule has 2 aromatic rings. The van der Waals surface area contributed by atoms with Gasteiger partial charge in [-0.25, -0.2) is 0 Å². The van der Waals surface area contributed by atoms with E-state index < -0.39 is 0 Å². The zero-order chi connectivity index (χ0) is 13.5. The van der Waals surface area contributed by atoms with E-state index in [1.807, 2.05) is 12.1 Å². The summed E-state index contributed by atoms with van der Waals surface area (Å²) in [6.45, 7) is 0.766. The number of amides is 1. The Labute approximate surface area is 111 Å². The Morgan fingerprint density at radius 3 is 2.84 bits per heavy atom. The Hall–Kier alpha value is -2.56. The number of nitrogens with two attached hydrogens (primary N) is 1. The van der Waals surface area contributed by atoms with Gasteiger partial charge in [-0.05, 0) is 24.3 Å². The van der Waals surface area contributed by atoms with Crippen molar-refractivity contribution in [2.24, 2.45) is 0 Å². The molecule has 1 heterocycles. The van der Waals surface area contributed by atoms with Crippen molar-refractivity contribution < 1.29 is 9.53 Å². The number of aromatic nitrogens is 1. The van der Waals surface area contributed by atoms with Crippen molar-refractivity contribution in [1.82, 2.24) is 10.3 Å². The van der Waals surface area contributed by atoms with Crippen molar-refractivity contribution in [3.63, 3.8) is 0 Å². The SMILES string of the molecule is Nc1ccccc1OCCNC(=O)c1cccnc1. The van der Waals surface area contributed by atoms with Gasteiger partial charge in [-0.15, -0.1) is 0 Å². The molecule has 0 unspecified atom stereocenters. The van der Waals surface area contributed by atoms with E-state index in [9.17, 15) is 4.79 Å². The lowest BCUT2D eigenvalue weighted by Crippen LogP contribution is -2.28. The van der Waals surface area contributed by atoms with Crippen LogP contribution in [0.15, 0.2) is 48.8 Å². The summed E-state index contributed by atoms with van der Waals surface area (Å²) >= 11 is 0. The minimum Gasteiger partial charge on any atom is -0.490 e. The molecule has 0 bridgehead atoms. The number of hydrogen-bond donors (Lipinski definition) is 2. The molecule has 1 aromatic carbocycles. The second-order valence-electron chi connectivity index (χ2n) is 3.88. The maximum Gasteiger partial charge on any atom is 0.252 e. The van der Waals surface area contributed by atoms with Crippen molar-refractivity contribution in [3.8, 4) is 5.75 Å². The number of nitrogens with zero attached hydrogens (tertiary/aromatic N) is 1. The number of nitrogen functional groups attached to an aromatic ring is 1. The van der Waals surface area contributed by atoms with Crippen molar-refractivity contribution in [3.05, 3.63) is 54.4 Å². The number of para-hydroxylation sites is 2. The topological polar surface area (TPSA) is 77.2 Å². The van der Waals surface area contributed by atoms with Gasteiger partial charge in [-0.2, -0.15) is 0 Å². The minimum atomic E-state index is -0.169. The van der Waals surface area contributed by atoms with Gasteiger partial charge in [0, 0.05) is 12.4 Å². The molecule has 5 heteroatoms. The maximum atomic E-state index is 11.7. The number of nitrogens with one attached hydrogen (secondary N) is 1. The summed E-state index contributed by atoms with van der Waals surface area (Å²) < 4.78 is 5.47. The minimum absolute atomic E-state index is 0.169. The van der Waals surface area contributed by atoms with Crippen molar-refractivity contribution in [2.45, 2.75) is 0 Å². The molecule has 0 aliphatic rings. The first-order chi connectivity index (χ1) is 9.27. The summed E-state index contributed by atoms with van der Waals surface area (Å²) in [6, 6.07) is 10.7. The van der Waals surface area contributed by atoms with E-state index >= 15 is 0 Å². The van der Waals surface area contributed by atoms with E-state index in [1.165, 1.54) is 6.20 Å². The summed E-state index contributed by atoms with van der Waals surface area (Å²) in [5.74, 6) is 0.455. The lowest BCUT2D eigenvalue weighted by molar-refractivity contribution is 0.0946. The number of carbonyl (C=O) groups is 1. The molecule has 0 fully saturated rings. The molecule has 5 nitrogen and oxygen atoms in total. The number of anilines is 1. The second kappa shape index (κ2) is 6.39. The maximum absolute atomic E-state index is 11.7. The number of hydrogen-bond acceptors (Lipinski definition) is 4. The summed E-state index contributed by atoms with van der Waals surface area (Å²) in [6.07, 6.45) is 3.14. The van der Waals surface area contributed by atoms with Crippen LogP contribution in [-0.2, 0) is 0 Å². The highest BCUT2D eigenvalue weighted by atomic mass is 16.5. The van der Waals surface area contributed by atoms with Gasteiger partial charge in [0.15, 0.2) is 0 Å². The Kier molecular flexibility index (Phi) is 4.34. The summed E-state index contributed by atoms with van der Waals surface area (Å²) in [5.41, 5.74) is 6.85. The van der Waals surface area contributed by atoms with Crippen molar-refractivity contribution in [1.29, 1.82) is 0 Å². The van der Waals surface area contributed by atoms with Gasteiger partial charge >= 0.3 is 0 Å². The molecule has 0 aliphatic carbocycles. The predicted molar refractivity (Wildman–Crippen MR) is 72.9 cm³/mol. The normalized spacial score (nSPS) is 9.89. The van der Waals surface area contributed by atoms with Crippen LogP contribution >= 0.6 is 0 Å². The molecule has 0 aliphatic heterocycles. The molecule has 1 amide bonds. The average Bonchev–Trinajstić information content (AvgIpc) is 2.46. The van der Waals surface area contributed by atoms with Crippen LogP contribution in [0, 0.1) is 0 Å². The first kappa shape index (κ1) is 12.9. The van der Waals surface area contributed by atoms with Crippen LogP contribution in [0.2, 0.25) is 0 Å². The number of pyridine rings is 1. The molecular weight excluding hydrogens is 242 g/mol. The molecule has 0 saturated carbocycles. The van der Waals surface area contributed by atoms with Crippen LogP contribution < -0.4 is 15.8 Å². The van der Waals surface area contributed by atoms with Crippen LogP contribution in [0.1, 0.15) is 10.4 Å². The van der Waals surface area contributed by atoms with E-state index in [0.717, 1.165) is 0 Å². The Balaban J connectivity index is 1.76. The lowest BCUT2D eigenvalue weighted by atomic mass is 10.3. The predicted octanol–water partition coefficient (Wildman–Crippen LogP) is 1.47. The lowest BCUT2D eigenvalue weighted by Gasteiger charge is -2.09. The molecule has 0 spiro atoms. The zero-order valence-electron chi connectivity index (χ0n) is 10.4. The number of carbonyl (C=O) groups excluding carboxylic acids is 1. The highest BCUT2D eigenvalue weighted by Crippen LogP contribution is 2.19. The molecule has 98 valence electrons. The van der Waals surface area contributed by atoms with Gasteiger partial charge in [0.05, 0.1) is 17.8 Å². The fourth-order valence-electron chi connectivity index (χ4n) is 1.54. The summed E-state index contributed by atoms with van der Waals surface area (Å²) in [5, 5.41) is 2.74. The van der Waals surface area contributed by atoms with Gasteiger partial charge in [0.25, 0.3) is 5.91 Å². The van der Waals surface area contributed by atoms with Gasteiger partial charge < -0.3 is 15.8 Å². The fourth-order valence-corrected chi connectivity index (χ4v) is 1.54. The molecule has 1 aromatic heterocycles. The summed E-state index contributed by atoms with van der Waals surface area (Å²) in [4.78, 5) is 15.6. The third kappa shape index (κ3) is 3.70. The Morgan fingerprint density at radius 1 is 1.26 bits per heavy atom. The van der Waals surface area contributed by atoms with Gasteiger partial charge in [-0.1, -0.05) is 12.1 Å². The van der Waals surface area contributed by atoms with Crippen LogP contribution in [0.25, 0.3) is 0 Å². The van der Waals surface area contributed by atoms with E-state index in [1.54, 1.807) is 30.5 Å². The molecule has 0 radical (unpaired) electrons. The first-order valence-corrected chi connectivity index (χ1v) is 5.93. The summed E-state index contributed by atoms with van der Waals surface area (Å²) in [7, 11) is 0. The second-order valence-corrected chi connectivity index (χ2v) is 3.88. The van der Waals surface area contributed by atoms with Crippen LogP contribution in [0.3, 0.4) is 0 Å². The standard InChI is InChI=1S/C14H15N3O2/c15-12-5-1-2-6-13(12)19-9-8-17-14(18)11-4-3-7-16-10-11/h1-7,10H,8-9,15H2,(H,17,18). The number of ether oxygens (including phenoxy) is 1. The molecule has 3 N–H and O–H groups in total. The molecule has 19 heavy (non-hydrogen) atoms. The van der Waals surface area contributed by atoms with Crippen LogP contribution in [-0.4, -0.2) is 24.0 Å². The number of rotatable bonds is 5. The van der Waals surface area contributed by atoms with Crippen molar-refractivity contribution in [2.75, 3.05) is 18.9 Å². The van der Waals surface area contributed by atoms with E-state index in [4.69, 9.17) is 10.5 Å². The molecule has 0 atom stereocenters. The molecule has 0 saturated heterocycles.